The predicted molar refractivity (Wildman–Crippen MR) is 207 cm³/mol. The lowest BCUT2D eigenvalue weighted by Crippen LogP contribution is -2.52. The van der Waals surface area contributed by atoms with E-state index in [0.717, 1.165) is 22.4 Å². The number of aromatic nitrogens is 1. The number of hydrogen-bond donors (Lipinski definition) is 5. The molecule has 3 rings (SSSR count). The summed E-state index contributed by atoms with van der Waals surface area (Å²) in [4.78, 5) is 56.2. The van der Waals surface area contributed by atoms with Crippen molar-refractivity contribution in [2.24, 2.45) is 22.7 Å². The molecule has 0 aliphatic heterocycles. The second-order valence-corrected chi connectivity index (χ2v) is 16.6. The molecule has 0 aliphatic carbocycles. The van der Waals surface area contributed by atoms with E-state index in [1.807, 2.05) is 114 Å². The number of rotatable bonds is 16. The highest BCUT2D eigenvalue weighted by Gasteiger charge is 2.36. The first kappa shape index (κ1) is 45.8. The first-order valence-electron chi connectivity index (χ1n) is 17.7. The maximum Gasteiger partial charge on any atom is 0.394 e. The van der Waals surface area contributed by atoms with Gasteiger partial charge in [-0.05, 0) is 53.4 Å². The van der Waals surface area contributed by atoms with Crippen molar-refractivity contribution < 1.29 is 41.8 Å². The van der Waals surface area contributed by atoms with E-state index >= 15 is 0 Å². The van der Waals surface area contributed by atoms with Crippen LogP contribution in [0.3, 0.4) is 0 Å². The van der Waals surface area contributed by atoms with Gasteiger partial charge in [-0.25, -0.2) is 5.01 Å². The summed E-state index contributed by atoms with van der Waals surface area (Å²) < 4.78 is 31.6. The summed E-state index contributed by atoms with van der Waals surface area (Å²) in [6.07, 6.45) is 1.24. The molecule has 2 aromatic carbocycles. The van der Waals surface area contributed by atoms with Gasteiger partial charge >= 0.3 is 10.4 Å². The zero-order valence-corrected chi connectivity index (χ0v) is 33.3. The van der Waals surface area contributed by atoms with E-state index < -0.39 is 45.2 Å². The molecule has 2 amide bonds. The quantitative estimate of drug-likeness (QED) is 0.0935. The largest absolute Gasteiger partial charge is 0.394 e. The summed E-state index contributed by atoms with van der Waals surface area (Å²) in [5.41, 5.74) is 5.64. The van der Waals surface area contributed by atoms with Crippen LogP contribution in [0.4, 0.5) is 0 Å². The Balaban J connectivity index is 0.00000188. The van der Waals surface area contributed by atoms with Crippen LogP contribution in [0.25, 0.3) is 11.3 Å². The fourth-order valence-corrected chi connectivity index (χ4v) is 5.99. The number of hydrazine groups is 1. The summed E-state index contributed by atoms with van der Waals surface area (Å²) in [6.45, 7) is 14.6. The molecule has 1 heterocycles. The molecule has 14 heteroatoms. The van der Waals surface area contributed by atoms with Crippen molar-refractivity contribution in [2.75, 3.05) is 6.54 Å². The summed E-state index contributed by atoms with van der Waals surface area (Å²) in [7, 11) is -4.67. The average molecular weight is 769 g/mol. The third kappa shape index (κ3) is 17.2. The Morgan fingerprint density at radius 2 is 1.37 bits per heavy atom. The highest BCUT2D eigenvalue weighted by molar-refractivity contribution is 7.79. The van der Waals surface area contributed by atoms with Gasteiger partial charge in [0.1, 0.15) is 5.78 Å². The molecular weight excluding hydrogens is 713 g/mol. The minimum Gasteiger partial charge on any atom is -0.391 e. The number of benzene rings is 2. The number of ketones is 2. The van der Waals surface area contributed by atoms with Gasteiger partial charge in [0.15, 0.2) is 5.78 Å². The molecule has 5 N–H and O–H groups in total. The summed E-state index contributed by atoms with van der Waals surface area (Å²) in [6, 6.07) is 22.5. The number of carbonyl (C=O) groups excluding carboxylic acids is 4. The van der Waals surface area contributed by atoms with Crippen molar-refractivity contribution in [3.8, 4) is 11.3 Å². The van der Waals surface area contributed by atoms with Gasteiger partial charge in [-0.2, -0.15) is 8.42 Å². The van der Waals surface area contributed by atoms with Crippen LogP contribution in [-0.4, -0.2) is 74.7 Å². The number of hydrogen-bond acceptors (Lipinski definition) is 9. The van der Waals surface area contributed by atoms with E-state index in [2.05, 4.69) is 15.7 Å². The number of carbonyl (C=O) groups is 4. The molecule has 0 bridgehead atoms. The van der Waals surface area contributed by atoms with Gasteiger partial charge in [0.2, 0.25) is 11.8 Å². The third-order valence-corrected chi connectivity index (χ3v) is 8.70. The fraction of sp³-hybridized carbons (Fsp3) is 0.475. The lowest BCUT2D eigenvalue weighted by Gasteiger charge is -2.35. The van der Waals surface area contributed by atoms with E-state index in [0.29, 0.717) is 6.42 Å². The van der Waals surface area contributed by atoms with Crippen molar-refractivity contribution in [1.82, 2.24) is 20.7 Å². The van der Waals surface area contributed by atoms with Crippen molar-refractivity contribution in [3.63, 3.8) is 0 Å². The molecule has 1 aromatic heterocycles. The molecule has 296 valence electrons. The third-order valence-electron chi connectivity index (χ3n) is 8.70. The van der Waals surface area contributed by atoms with Crippen molar-refractivity contribution in [2.45, 2.75) is 93.3 Å². The van der Waals surface area contributed by atoms with Gasteiger partial charge in [0.25, 0.3) is 0 Å². The Hall–Kier alpha value is -4.34. The standard InChI is InChI=1S/C40H54N4O5.H2O4S/c1-27(45)22-33(39(3,4)5)38(49)43-44(25-30-17-19-31(20-18-30)34-16-12-13-21-41-34)26-36(48)32(23-29-14-10-9-11-15-29)24-35(47)37(40(6,7)8)42-28(2)46;1-5(2,3)4/h9-21,32-33,36-37,48H,22-26H2,1-8H3,(H,42,46)(H,43,49);(H2,1,2,3,4)/t32-,33-,36+,37-;/m1./s1. The summed E-state index contributed by atoms with van der Waals surface area (Å²) >= 11 is 0. The molecule has 0 saturated carbocycles. The van der Waals surface area contributed by atoms with Gasteiger partial charge < -0.3 is 15.2 Å². The minimum absolute atomic E-state index is 0.0216. The zero-order chi connectivity index (χ0) is 40.9. The minimum atomic E-state index is -4.67. The second kappa shape index (κ2) is 20.4. The van der Waals surface area contributed by atoms with Crippen LogP contribution in [0, 0.1) is 22.7 Å². The number of aliphatic hydroxyl groups is 1. The maximum atomic E-state index is 13.8. The Bertz CT molecular complexity index is 1770. The van der Waals surface area contributed by atoms with Crippen LogP contribution in [0.5, 0.6) is 0 Å². The van der Waals surface area contributed by atoms with E-state index in [1.165, 1.54) is 13.8 Å². The first-order chi connectivity index (χ1) is 24.9. The number of amides is 2. The van der Waals surface area contributed by atoms with E-state index in [-0.39, 0.29) is 49.3 Å². The van der Waals surface area contributed by atoms with Gasteiger partial charge in [0.05, 0.1) is 23.8 Å². The first-order valence-corrected chi connectivity index (χ1v) is 19.1. The highest BCUT2D eigenvalue weighted by Crippen LogP contribution is 2.30. The monoisotopic (exact) mass is 768 g/mol. The van der Waals surface area contributed by atoms with Crippen LogP contribution in [0.1, 0.15) is 79.4 Å². The van der Waals surface area contributed by atoms with Crippen LogP contribution < -0.4 is 10.7 Å². The van der Waals surface area contributed by atoms with Crippen molar-refractivity contribution >= 4 is 33.8 Å². The van der Waals surface area contributed by atoms with Crippen LogP contribution >= 0.6 is 0 Å². The number of Topliss-reactive ketones (excluding diaryl/α,β-unsaturated/α-hetero) is 2. The Kier molecular flexibility index (Phi) is 17.3. The molecule has 0 spiro atoms. The van der Waals surface area contributed by atoms with Gasteiger partial charge in [-0.15, -0.1) is 0 Å². The molecule has 0 saturated heterocycles. The van der Waals surface area contributed by atoms with E-state index in [9.17, 15) is 24.3 Å². The molecule has 0 unspecified atom stereocenters. The SMILES string of the molecule is CC(=O)C[C@H](C(=O)NN(Cc1ccc(-c2ccccn2)cc1)C[C@H](O)[C@@H](CC(=O)[C@@H](NC(C)=O)C(C)(C)C)Cc1ccccc1)C(C)(C)C.O=S(=O)(O)O. The van der Waals surface area contributed by atoms with Crippen molar-refractivity contribution in [1.29, 1.82) is 0 Å². The lowest BCUT2D eigenvalue weighted by atomic mass is 9.77. The molecule has 0 aliphatic rings. The number of nitrogens with one attached hydrogen (secondary N) is 2. The fourth-order valence-electron chi connectivity index (χ4n) is 5.99. The normalized spacial score (nSPS) is 14.1. The van der Waals surface area contributed by atoms with Crippen molar-refractivity contribution in [3.05, 3.63) is 90.1 Å². The Morgan fingerprint density at radius 3 is 1.85 bits per heavy atom. The summed E-state index contributed by atoms with van der Waals surface area (Å²) in [5, 5.41) is 16.4. The lowest BCUT2D eigenvalue weighted by molar-refractivity contribution is -0.138. The number of aliphatic hydroxyl groups excluding tert-OH is 1. The van der Waals surface area contributed by atoms with Crippen LogP contribution in [0.2, 0.25) is 0 Å². The zero-order valence-electron chi connectivity index (χ0n) is 32.4. The smallest absolute Gasteiger partial charge is 0.391 e. The topological polar surface area (TPSA) is 203 Å². The predicted octanol–water partition coefficient (Wildman–Crippen LogP) is 5.30. The van der Waals surface area contributed by atoms with E-state index in [1.54, 1.807) is 11.2 Å². The van der Waals surface area contributed by atoms with Crippen LogP contribution in [0.15, 0.2) is 79.0 Å². The maximum absolute atomic E-state index is 13.8. The molecule has 0 radical (unpaired) electrons. The Labute approximate surface area is 319 Å². The highest BCUT2D eigenvalue weighted by atomic mass is 32.3. The van der Waals surface area contributed by atoms with E-state index in [4.69, 9.17) is 17.5 Å². The second-order valence-electron chi connectivity index (χ2n) is 15.7. The number of nitrogens with zero attached hydrogens (tertiary/aromatic N) is 2. The molecule has 3 aromatic rings. The molecular formula is C40H56N4O9S. The Morgan fingerprint density at radius 1 is 0.796 bits per heavy atom. The molecule has 0 fully saturated rings. The van der Waals surface area contributed by atoms with Crippen LogP contribution in [-0.2, 0) is 42.5 Å². The molecule has 4 atom stereocenters. The van der Waals surface area contributed by atoms with Gasteiger partial charge in [0, 0.05) is 44.6 Å². The average Bonchev–Trinajstić information content (AvgIpc) is 3.05. The van der Waals surface area contributed by atoms with Gasteiger partial charge in [-0.1, -0.05) is 102 Å². The summed E-state index contributed by atoms with van der Waals surface area (Å²) in [5.74, 6) is -1.97. The number of pyridine rings is 1. The molecule has 13 nitrogen and oxygen atoms in total. The van der Waals surface area contributed by atoms with Gasteiger partial charge in [-0.3, -0.25) is 33.9 Å². The molecule has 54 heavy (non-hydrogen) atoms.